The molecule has 0 aliphatic carbocycles. The predicted octanol–water partition coefficient (Wildman–Crippen LogP) is 1.25. The van der Waals surface area contributed by atoms with Gasteiger partial charge < -0.3 is 5.11 Å². The smallest absolute Gasteiger partial charge is 0.115 e. The average molecular weight is 203 g/mol. The van der Waals surface area contributed by atoms with Crippen molar-refractivity contribution in [1.82, 2.24) is 15.0 Å². The fourth-order valence-corrected chi connectivity index (χ4v) is 1.48. The number of aliphatic hydroxyl groups is 1. The molecule has 0 spiro atoms. The van der Waals surface area contributed by atoms with Crippen LogP contribution in [0.25, 0.3) is 11.3 Å². The van der Waals surface area contributed by atoms with E-state index in [1.54, 1.807) is 0 Å². The van der Waals surface area contributed by atoms with E-state index in [9.17, 15) is 0 Å². The molecule has 15 heavy (non-hydrogen) atoms. The molecule has 78 valence electrons. The maximum absolute atomic E-state index is 8.79. The lowest BCUT2D eigenvalue weighted by Crippen LogP contribution is -2.05. The van der Waals surface area contributed by atoms with Crippen molar-refractivity contribution in [3.63, 3.8) is 0 Å². The minimum atomic E-state index is 0.0579. The minimum absolute atomic E-state index is 0.0579. The first-order valence-electron chi connectivity index (χ1n) is 4.89. The third kappa shape index (κ3) is 2.05. The van der Waals surface area contributed by atoms with Crippen LogP contribution in [0.1, 0.15) is 5.69 Å². The van der Waals surface area contributed by atoms with Gasteiger partial charge in [0, 0.05) is 5.56 Å². The van der Waals surface area contributed by atoms with Crippen LogP contribution in [0.3, 0.4) is 0 Å². The van der Waals surface area contributed by atoms with E-state index in [0.717, 1.165) is 17.0 Å². The van der Waals surface area contributed by atoms with Crippen molar-refractivity contribution in [3.05, 3.63) is 36.0 Å². The summed E-state index contributed by atoms with van der Waals surface area (Å²) in [5.41, 5.74) is 2.82. The fraction of sp³-hybridized carbons (Fsp3) is 0.273. The number of aromatic nitrogens is 3. The average Bonchev–Trinajstić information content (AvgIpc) is 2.61. The Kier molecular flexibility index (Phi) is 2.78. The van der Waals surface area contributed by atoms with Gasteiger partial charge in [0.25, 0.3) is 0 Å². The molecule has 0 unspecified atom stereocenters. The highest BCUT2D eigenvalue weighted by atomic mass is 16.3. The summed E-state index contributed by atoms with van der Waals surface area (Å²) in [5, 5.41) is 17.3. The molecule has 2 aromatic rings. The van der Waals surface area contributed by atoms with Crippen LogP contribution in [0.4, 0.5) is 0 Å². The van der Waals surface area contributed by atoms with Crippen molar-refractivity contribution < 1.29 is 5.11 Å². The normalized spacial score (nSPS) is 10.5. The molecule has 0 aliphatic heterocycles. The van der Waals surface area contributed by atoms with Crippen LogP contribution in [0.5, 0.6) is 0 Å². The summed E-state index contributed by atoms with van der Waals surface area (Å²) >= 11 is 0. The van der Waals surface area contributed by atoms with Crippen molar-refractivity contribution in [2.75, 3.05) is 6.61 Å². The van der Waals surface area contributed by atoms with Gasteiger partial charge in [0.15, 0.2) is 0 Å². The van der Waals surface area contributed by atoms with Crippen LogP contribution in [-0.4, -0.2) is 26.7 Å². The van der Waals surface area contributed by atoms with E-state index in [4.69, 9.17) is 5.11 Å². The molecule has 0 saturated carbocycles. The highest BCUT2D eigenvalue weighted by Gasteiger charge is 2.07. The van der Waals surface area contributed by atoms with Crippen molar-refractivity contribution in [3.8, 4) is 11.3 Å². The Morgan fingerprint density at radius 3 is 2.60 bits per heavy atom. The Labute approximate surface area is 88.2 Å². The zero-order valence-electron chi connectivity index (χ0n) is 8.59. The van der Waals surface area contributed by atoms with Gasteiger partial charge in [-0.25, -0.2) is 0 Å². The van der Waals surface area contributed by atoms with E-state index in [1.807, 2.05) is 37.3 Å². The highest BCUT2D eigenvalue weighted by molar-refractivity contribution is 5.60. The summed E-state index contributed by atoms with van der Waals surface area (Å²) in [6.45, 7) is 2.42. The second-order valence-electron chi connectivity index (χ2n) is 3.32. The highest BCUT2D eigenvalue weighted by Crippen LogP contribution is 2.18. The fourth-order valence-electron chi connectivity index (χ4n) is 1.48. The third-order valence-electron chi connectivity index (χ3n) is 2.17. The molecular weight excluding hydrogens is 190 g/mol. The first-order chi connectivity index (χ1) is 7.31. The first-order valence-corrected chi connectivity index (χ1v) is 4.89. The second-order valence-corrected chi connectivity index (χ2v) is 3.32. The molecule has 2 rings (SSSR count). The molecular formula is C11H13N3O. The Bertz CT molecular complexity index is 436. The zero-order valence-corrected chi connectivity index (χ0v) is 8.59. The van der Waals surface area contributed by atoms with E-state index in [-0.39, 0.29) is 6.61 Å². The lowest BCUT2D eigenvalue weighted by Gasteiger charge is -1.95. The van der Waals surface area contributed by atoms with E-state index in [2.05, 4.69) is 10.2 Å². The summed E-state index contributed by atoms with van der Waals surface area (Å²) in [7, 11) is 0. The van der Waals surface area contributed by atoms with E-state index in [0.29, 0.717) is 6.54 Å². The van der Waals surface area contributed by atoms with Crippen LogP contribution in [0, 0.1) is 6.92 Å². The number of aryl methyl sites for hydroxylation is 1. The second kappa shape index (κ2) is 4.23. The molecule has 0 amide bonds. The largest absolute Gasteiger partial charge is 0.394 e. The maximum atomic E-state index is 8.79. The molecule has 4 heteroatoms. The lowest BCUT2D eigenvalue weighted by atomic mass is 10.1. The minimum Gasteiger partial charge on any atom is -0.394 e. The zero-order chi connectivity index (χ0) is 10.7. The van der Waals surface area contributed by atoms with Gasteiger partial charge in [0.05, 0.1) is 18.8 Å². The molecule has 1 heterocycles. The molecule has 0 fully saturated rings. The van der Waals surface area contributed by atoms with Crippen molar-refractivity contribution in [2.45, 2.75) is 13.5 Å². The Hall–Kier alpha value is -1.68. The first kappa shape index (κ1) is 9.86. The molecule has 4 nitrogen and oxygen atoms in total. The van der Waals surface area contributed by atoms with Gasteiger partial charge in [0.1, 0.15) is 5.69 Å². The molecule has 1 aromatic heterocycles. The Balaban J connectivity index is 2.36. The van der Waals surface area contributed by atoms with Crippen LogP contribution >= 0.6 is 0 Å². The number of hydrogen-bond acceptors (Lipinski definition) is 3. The lowest BCUT2D eigenvalue weighted by molar-refractivity contribution is 0.260. The molecule has 0 radical (unpaired) electrons. The van der Waals surface area contributed by atoms with E-state index < -0.39 is 0 Å². The van der Waals surface area contributed by atoms with Gasteiger partial charge in [-0.15, -0.1) is 0 Å². The number of aliphatic hydroxyl groups excluding tert-OH is 1. The summed E-state index contributed by atoms with van der Waals surface area (Å²) < 4.78 is 0. The molecule has 1 N–H and O–H groups in total. The van der Waals surface area contributed by atoms with Gasteiger partial charge in [-0.2, -0.15) is 15.0 Å². The van der Waals surface area contributed by atoms with E-state index in [1.165, 1.54) is 4.80 Å². The molecule has 1 aromatic carbocycles. The topological polar surface area (TPSA) is 50.9 Å². The Morgan fingerprint density at radius 1 is 1.20 bits per heavy atom. The van der Waals surface area contributed by atoms with Crippen molar-refractivity contribution in [2.24, 2.45) is 0 Å². The number of nitrogens with zero attached hydrogens (tertiary/aromatic N) is 3. The monoisotopic (exact) mass is 203 g/mol. The van der Waals surface area contributed by atoms with Gasteiger partial charge in [-0.1, -0.05) is 30.3 Å². The Morgan fingerprint density at radius 2 is 1.93 bits per heavy atom. The van der Waals surface area contributed by atoms with Gasteiger partial charge in [0.2, 0.25) is 0 Å². The third-order valence-corrected chi connectivity index (χ3v) is 2.17. The molecule has 0 saturated heterocycles. The maximum Gasteiger partial charge on any atom is 0.115 e. The standard InChI is InChI=1S/C11H13N3O/c1-9-11(10-5-3-2-4-6-10)13-14(12-9)7-8-15/h2-6,15H,7-8H2,1H3. The van der Waals surface area contributed by atoms with Gasteiger partial charge >= 0.3 is 0 Å². The van der Waals surface area contributed by atoms with Crippen LogP contribution in [-0.2, 0) is 6.54 Å². The molecule has 0 atom stereocenters. The van der Waals surface area contributed by atoms with Crippen molar-refractivity contribution >= 4 is 0 Å². The van der Waals surface area contributed by atoms with Gasteiger partial charge in [-0.05, 0) is 6.92 Å². The predicted molar refractivity (Wildman–Crippen MR) is 57.3 cm³/mol. The van der Waals surface area contributed by atoms with Crippen LogP contribution < -0.4 is 0 Å². The van der Waals surface area contributed by atoms with Gasteiger partial charge in [-0.3, -0.25) is 0 Å². The van der Waals surface area contributed by atoms with E-state index >= 15 is 0 Å². The summed E-state index contributed by atoms with van der Waals surface area (Å²) in [6, 6.07) is 9.91. The molecule has 0 aliphatic rings. The SMILES string of the molecule is Cc1nn(CCO)nc1-c1ccccc1. The number of rotatable bonds is 3. The number of benzene rings is 1. The van der Waals surface area contributed by atoms with Crippen LogP contribution in [0.15, 0.2) is 30.3 Å². The summed E-state index contributed by atoms with van der Waals surface area (Å²) in [4.78, 5) is 1.53. The quantitative estimate of drug-likeness (QED) is 0.816. The van der Waals surface area contributed by atoms with Crippen molar-refractivity contribution in [1.29, 1.82) is 0 Å². The summed E-state index contributed by atoms with van der Waals surface area (Å²) in [6.07, 6.45) is 0. The number of hydrogen-bond donors (Lipinski definition) is 1. The molecule has 0 bridgehead atoms. The van der Waals surface area contributed by atoms with Crippen LogP contribution in [0.2, 0.25) is 0 Å². The summed E-state index contributed by atoms with van der Waals surface area (Å²) in [5.74, 6) is 0.